The molecule has 1 aliphatic carbocycles. The number of para-hydroxylation sites is 2. The van der Waals surface area contributed by atoms with Crippen LogP contribution in [-0.2, 0) is 11.2 Å². The molecule has 1 N–H and O–H groups in total. The fourth-order valence-electron chi connectivity index (χ4n) is 3.86. The van der Waals surface area contributed by atoms with Gasteiger partial charge in [0, 0.05) is 18.8 Å². The zero-order chi connectivity index (χ0) is 18.6. The molecule has 1 heterocycles. The lowest BCUT2D eigenvalue weighted by Gasteiger charge is -2.25. The maximum Gasteiger partial charge on any atom is 0.225 e. The minimum Gasteiger partial charge on any atom is -0.497 e. The summed E-state index contributed by atoms with van der Waals surface area (Å²) in [4.78, 5) is 16.9. The van der Waals surface area contributed by atoms with E-state index in [1.807, 2.05) is 41.1 Å². The second-order valence-electron chi connectivity index (χ2n) is 6.89. The molecule has 4 rings (SSSR count). The number of amides is 1. The molecule has 3 aromatic rings. The molecule has 5 heteroatoms. The highest BCUT2D eigenvalue weighted by molar-refractivity contribution is 5.93. The zero-order valence-corrected chi connectivity index (χ0v) is 15.4. The van der Waals surface area contributed by atoms with E-state index in [2.05, 4.69) is 22.4 Å². The Morgan fingerprint density at radius 1 is 1.30 bits per heavy atom. The van der Waals surface area contributed by atoms with Crippen molar-refractivity contribution < 1.29 is 9.53 Å². The fourth-order valence-corrected chi connectivity index (χ4v) is 3.86. The van der Waals surface area contributed by atoms with Crippen molar-refractivity contribution in [2.24, 2.45) is 0 Å². The maximum absolute atomic E-state index is 12.8. The van der Waals surface area contributed by atoms with Gasteiger partial charge >= 0.3 is 0 Å². The number of carbonyl (C=O) groups is 1. The van der Waals surface area contributed by atoms with E-state index in [4.69, 9.17) is 4.74 Å². The van der Waals surface area contributed by atoms with E-state index in [1.54, 1.807) is 19.6 Å². The lowest BCUT2D eigenvalue weighted by Crippen LogP contribution is -2.19. The monoisotopic (exact) mass is 361 g/mol. The maximum atomic E-state index is 12.8. The summed E-state index contributed by atoms with van der Waals surface area (Å²) in [7, 11) is 1.69. The number of carbonyl (C=O) groups excluding carboxylic acids is 1. The summed E-state index contributed by atoms with van der Waals surface area (Å²) in [5, 5.41) is 3.09. The molecule has 27 heavy (non-hydrogen) atoms. The molecular formula is C22H23N3O2. The Labute approximate surface area is 159 Å². The van der Waals surface area contributed by atoms with Crippen LogP contribution in [0.3, 0.4) is 0 Å². The van der Waals surface area contributed by atoms with E-state index in [0.29, 0.717) is 6.42 Å². The predicted octanol–water partition coefficient (Wildman–Crippen LogP) is 4.33. The Morgan fingerprint density at radius 2 is 2.19 bits per heavy atom. The number of ether oxygens (including phenoxy) is 1. The number of imidazole rings is 1. The molecular weight excluding hydrogens is 338 g/mol. The smallest absolute Gasteiger partial charge is 0.225 e. The Morgan fingerprint density at radius 3 is 3.00 bits per heavy atom. The van der Waals surface area contributed by atoms with Crippen LogP contribution in [0, 0.1) is 0 Å². The van der Waals surface area contributed by atoms with Crippen LogP contribution in [-0.4, -0.2) is 22.6 Å². The first kappa shape index (κ1) is 17.3. The third-order valence-electron chi connectivity index (χ3n) is 5.18. The molecule has 2 aromatic carbocycles. The van der Waals surface area contributed by atoms with Crippen LogP contribution in [0.2, 0.25) is 0 Å². The molecule has 0 bridgehead atoms. The molecule has 1 aliphatic rings. The molecule has 0 fully saturated rings. The SMILES string of the molecule is COc1ccc2c(c1)CCCC2CC(=O)Nc1ccccc1-n1ccnc1. The van der Waals surface area contributed by atoms with Crippen LogP contribution < -0.4 is 10.1 Å². The number of aromatic nitrogens is 2. The third-order valence-corrected chi connectivity index (χ3v) is 5.18. The van der Waals surface area contributed by atoms with Crippen molar-refractivity contribution in [3.8, 4) is 11.4 Å². The van der Waals surface area contributed by atoms with Gasteiger partial charge in [0.05, 0.1) is 24.8 Å². The largest absolute Gasteiger partial charge is 0.497 e. The van der Waals surface area contributed by atoms with E-state index in [0.717, 1.165) is 36.4 Å². The highest BCUT2D eigenvalue weighted by Crippen LogP contribution is 2.36. The van der Waals surface area contributed by atoms with Gasteiger partial charge in [-0.05, 0) is 60.6 Å². The second-order valence-corrected chi connectivity index (χ2v) is 6.89. The van der Waals surface area contributed by atoms with Gasteiger partial charge in [0.1, 0.15) is 5.75 Å². The molecule has 0 saturated carbocycles. The molecule has 0 aliphatic heterocycles. The highest BCUT2D eigenvalue weighted by atomic mass is 16.5. The molecule has 1 atom stereocenters. The number of fused-ring (bicyclic) bond motifs is 1. The van der Waals surface area contributed by atoms with Gasteiger partial charge in [-0.25, -0.2) is 4.98 Å². The van der Waals surface area contributed by atoms with Crippen LogP contribution in [0.1, 0.15) is 36.3 Å². The van der Waals surface area contributed by atoms with Crippen molar-refractivity contribution in [2.75, 3.05) is 12.4 Å². The number of hydrogen-bond donors (Lipinski definition) is 1. The number of aryl methyl sites for hydroxylation is 1. The van der Waals surface area contributed by atoms with Crippen molar-refractivity contribution in [3.05, 3.63) is 72.3 Å². The summed E-state index contributed by atoms with van der Waals surface area (Å²) in [5.41, 5.74) is 4.29. The lowest BCUT2D eigenvalue weighted by molar-refractivity contribution is -0.116. The Bertz CT molecular complexity index is 934. The van der Waals surface area contributed by atoms with Crippen molar-refractivity contribution in [1.82, 2.24) is 9.55 Å². The summed E-state index contributed by atoms with van der Waals surface area (Å²) in [6.45, 7) is 0. The Hall–Kier alpha value is -3.08. The molecule has 0 saturated heterocycles. The second kappa shape index (κ2) is 7.66. The number of rotatable bonds is 5. The van der Waals surface area contributed by atoms with E-state index in [1.165, 1.54) is 11.1 Å². The van der Waals surface area contributed by atoms with Gasteiger partial charge in [-0.1, -0.05) is 18.2 Å². The summed E-state index contributed by atoms with van der Waals surface area (Å²) >= 11 is 0. The van der Waals surface area contributed by atoms with Gasteiger partial charge in [0.15, 0.2) is 0 Å². The third kappa shape index (κ3) is 3.72. The Balaban J connectivity index is 1.50. The molecule has 1 unspecified atom stereocenters. The minimum absolute atomic E-state index is 0.0382. The van der Waals surface area contributed by atoms with E-state index in [9.17, 15) is 4.79 Å². The van der Waals surface area contributed by atoms with E-state index < -0.39 is 0 Å². The van der Waals surface area contributed by atoms with Crippen molar-refractivity contribution in [1.29, 1.82) is 0 Å². The molecule has 5 nitrogen and oxygen atoms in total. The normalized spacial score (nSPS) is 15.8. The van der Waals surface area contributed by atoms with Gasteiger partial charge in [0.2, 0.25) is 5.91 Å². The van der Waals surface area contributed by atoms with Crippen LogP contribution in [0.5, 0.6) is 5.75 Å². The van der Waals surface area contributed by atoms with Gasteiger partial charge in [-0.15, -0.1) is 0 Å². The van der Waals surface area contributed by atoms with E-state index >= 15 is 0 Å². The number of hydrogen-bond acceptors (Lipinski definition) is 3. The van der Waals surface area contributed by atoms with Crippen LogP contribution in [0.25, 0.3) is 5.69 Å². The van der Waals surface area contributed by atoms with Crippen molar-refractivity contribution in [2.45, 2.75) is 31.6 Å². The summed E-state index contributed by atoms with van der Waals surface area (Å²) in [5.74, 6) is 1.17. The minimum atomic E-state index is 0.0382. The molecule has 1 aromatic heterocycles. The van der Waals surface area contributed by atoms with E-state index in [-0.39, 0.29) is 11.8 Å². The number of anilines is 1. The fraction of sp³-hybridized carbons (Fsp3) is 0.273. The lowest BCUT2D eigenvalue weighted by atomic mass is 9.81. The predicted molar refractivity (Wildman–Crippen MR) is 105 cm³/mol. The van der Waals surface area contributed by atoms with Crippen LogP contribution in [0.4, 0.5) is 5.69 Å². The van der Waals surface area contributed by atoms with Gasteiger partial charge in [-0.3, -0.25) is 4.79 Å². The Kier molecular flexibility index (Phi) is 4.92. The van der Waals surface area contributed by atoms with Gasteiger partial charge in [-0.2, -0.15) is 0 Å². The first-order chi connectivity index (χ1) is 13.2. The van der Waals surface area contributed by atoms with Crippen LogP contribution in [0.15, 0.2) is 61.2 Å². The molecule has 138 valence electrons. The standard InChI is InChI=1S/C22H23N3O2/c1-27-18-9-10-19-16(13-18)5-4-6-17(19)14-22(26)24-20-7-2-3-8-21(20)25-12-11-23-15-25/h2-3,7-13,15,17H,4-6,14H2,1H3,(H,24,26). The quantitative estimate of drug-likeness (QED) is 0.736. The molecule has 0 spiro atoms. The average Bonchev–Trinajstić information content (AvgIpc) is 3.23. The zero-order valence-electron chi connectivity index (χ0n) is 15.4. The molecule has 1 amide bonds. The first-order valence-electron chi connectivity index (χ1n) is 9.28. The average molecular weight is 361 g/mol. The number of nitrogens with zero attached hydrogens (tertiary/aromatic N) is 2. The number of nitrogens with one attached hydrogen (secondary N) is 1. The molecule has 0 radical (unpaired) electrons. The van der Waals surface area contributed by atoms with Crippen LogP contribution >= 0.6 is 0 Å². The van der Waals surface area contributed by atoms with Crippen molar-refractivity contribution >= 4 is 11.6 Å². The summed E-state index contributed by atoms with van der Waals surface area (Å²) in [6, 6.07) is 14.0. The van der Waals surface area contributed by atoms with Gasteiger partial charge in [0.25, 0.3) is 0 Å². The number of benzene rings is 2. The van der Waals surface area contributed by atoms with Crippen molar-refractivity contribution in [3.63, 3.8) is 0 Å². The topological polar surface area (TPSA) is 56.1 Å². The van der Waals surface area contributed by atoms with Gasteiger partial charge < -0.3 is 14.6 Å². The number of methoxy groups -OCH3 is 1. The summed E-state index contributed by atoms with van der Waals surface area (Å²) < 4.78 is 7.24. The highest BCUT2D eigenvalue weighted by Gasteiger charge is 2.23. The first-order valence-corrected chi connectivity index (χ1v) is 9.28. The summed E-state index contributed by atoms with van der Waals surface area (Å²) in [6.07, 6.45) is 9.00.